The molecule has 1 unspecified atom stereocenters. The number of benzene rings is 2. The number of piperidine rings is 1. The zero-order chi connectivity index (χ0) is 19.5. The van der Waals surface area contributed by atoms with Gasteiger partial charge in [0, 0.05) is 19.5 Å². The van der Waals surface area contributed by atoms with Gasteiger partial charge in [-0.05, 0) is 37.1 Å². The first-order chi connectivity index (χ1) is 13.6. The molecule has 0 saturated carbocycles. The Labute approximate surface area is 163 Å². The summed E-state index contributed by atoms with van der Waals surface area (Å²) < 4.78 is 5.98. The molecule has 0 spiro atoms. The average molecular weight is 378 g/mol. The highest BCUT2D eigenvalue weighted by Gasteiger charge is 2.35. The van der Waals surface area contributed by atoms with E-state index in [2.05, 4.69) is 0 Å². The third kappa shape index (κ3) is 3.63. The molecule has 2 heterocycles. The third-order valence-corrected chi connectivity index (χ3v) is 5.20. The molecule has 144 valence electrons. The standard InChI is InChI=1S/C22H22N2O4/c25-20(12-14-24-21(26)18-10-4-5-11-19(18)22(24)27)23-13-6-9-17(15-23)28-16-7-2-1-3-8-16/h1-5,7-8,10-11,17H,6,9,12-15H2. The SMILES string of the molecule is O=C(CCN1C(=O)c2ccccc2C1=O)N1CCCC(Oc2ccccc2)C1. The number of fused-ring (bicyclic) bond motifs is 1. The minimum atomic E-state index is -0.322. The van der Waals surface area contributed by atoms with Gasteiger partial charge >= 0.3 is 0 Å². The van der Waals surface area contributed by atoms with E-state index >= 15 is 0 Å². The second-order valence-electron chi connectivity index (χ2n) is 7.09. The van der Waals surface area contributed by atoms with Crippen LogP contribution in [0.1, 0.15) is 40.0 Å². The fourth-order valence-corrected chi connectivity index (χ4v) is 3.76. The van der Waals surface area contributed by atoms with E-state index in [1.165, 1.54) is 4.90 Å². The van der Waals surface area contributed by atoms with E-state index in [0.717, 1.165) is 18.6 Å². The van der Waals surface area contributed by atoms with Crippen molar-refractivity contribution in [3.8, 4) is 5.75 Å². The number of amides is 3. The van der Waals surface area contributed by atoms with E-state index in [-0.39, 0.29) is 36.8 Å². The van der Waals surface area contributed by atoms with Gasteiger partial charge in [0.1, 0.15) is 11.9 Å². The average Bonchev–Trinajstić information content (AvgIpc) is 2.97. The highest BCUT2D eigenvalue weighted by molar-refractivity contribution is 6.21. The van der Waals surface area contributed by atoms with Crippen molar-refractivity contribution in [1.82, 2.24) is 9.80 Å². The number of ether oxygens (including phenoxy) is 1. The first-order valence-electron chi connectivity index (χ1n) is 9.58. The van der Waals surface area contributed by atoms with Crippen molar-refractivity contribution < 1.29 is 19.1 Å². The number of hydrogen-bond donors (Lipinski definition) is 0. The Morgan fingerprint density at radius 3 is 2.29 bits per heavy atom. The maximum Gasteiger partial charge on any atom is 0.261 e. The topological polar surface area (TPSA) is 66.9 Å². The molecule has 1 fully saturated rings. The normalized spacial score (nSPS) is 18.9. The molecule has 6 heteroatoms. The van der Waals surface area contributed by atoms with Crippen LogP contribution in [0.3, 0.4) is 0 Å². The summed E-state index contributed by atoms with van der Waals surface area (Å²) in [4.78, 5) is 40.4. The van der Waals surface area contributed by atoms with Crippen molar-refractivity contribution in [2.24, 2.45) is 0 Å². The molecule has 0 aromatic heterocycles. The lowest BCUT2D eigenvalue weighted by molar-refractivity contribution is -0.133. The summed E-state index contributed by atoms with van der Waals surface area (Å²) in [5, 5.41) is 0. The van der Waals surface area contributed by atoms with Crippen molar-refractivity contribution >= 4 is 17.7 Å². The largest absolute Gasteiger partial charge is 0.489 e. The molecule has 28 heavy (non-hydrogen) atoms. The Balaban J connectivity index is 1.33. The van der Waals surface area contributed by atoms with Crippen molar-refractivity contribution in [2.45, 2.75) is 25.4 Å². The summed E-state index contributed by atoms with van der Waals surface area (Å²) in [6, 6.07) is 16.3. The summed E-state index contributed by atoms with van der Waals surface area (Å²) in [6.45, 7) is 1.30. The lowest BCUT2D eigenvalue weighted by Gasteiger charge is -2.33. The number of para-hydroxylation sites is 1. The van der Waals surface area contributed by atoms with Crippen LogP contribution in [0.2, 0.25) is 0 Å². The molecule has 2 aliphatic rings. The van der Waals surface area contributed by atoms with Crippen LogP contribution >= 0.6 is 0 Å². The van der Waals surface area contributed by atoms with Crippen molar-refractivity contribution in [2.75, 3.05) is 19.6 Å². The molecule has 0 N–H and O–H groups in total. The second kappa shape index (κ2) is 7.84. The van der Waals surface area contributed by atoms with Crippen LogP contribution in [0.25, 0.3) is 0 Å². The van der Waals surface area contributed by atoms with Crippen molar-refractivity contribution in [3.05, 3.63) is 65.7 Å². The molecule has 2 aromatic rings. The van der Waals surface area contributed by atoms with Gasteiger partial charge in [-0.1, -0.05) is 30.3 Å². The highest BCUT2D eigenvalue weighted by atomic mass is 16.5. The molecule has 4 rings (SSSR count). The van der Waals surface area contributed by atoms with Gasteiger partial charge in [0.2, 0.25) is 5.91 Å². The van der Waals surface area contributed by atoms with Gasteiger partial charge in [0.25, 0.3) is 11.8 Å². The van der Waals surface area contributed by atoms with Crippen LogP contribution in [0.5, 0.6) is 5.75 Å². The Morgan fingerprint density at radius 1 is 0.964 bits per heavy atom. The molecule has 3 amide bonds. The number of carbonyl (C=O) groups is 3. The van der Waals surface area contributed by atoms with Gasteiger partial charge < -0.3 is 9.64 Å². The zero-order valence-electron chi connectivity index (χ0n) is 15.5. The third-order valence-electron chi connectivity index (χ3n) is 5.20. The van der Waals surface area contributed by atoms with E-state index in [4.69, 9.17) is 4.74 Å². The number of likely N-dealkylation sites (tertiary alicyclic amines) is 1. The molecule has 0 aliphatic carbocycles. The van der Waals surface area contributed by atoms with Gasteiger partial charge in [-0.2, -0.15) is 0 Å². The predicted molar refractivity (Wildman–Crippen MR) is 103 cm³/mol. The monoisotopic (exact) mass is 378 g/mol. The van der Waals surface area contributed by atoms with Crippen LogP contribution in [0.15, 0.2) is 54.6 Å². The minimum absolute atomic E-state index is 0.0422. The summed E-state index contributed by atoms with van der Waals surface area (Å²) in [6.07, 6.45) is 1.86. The molecule has 2 aliphatic heterocycles. The quantitative estimate of drug-likeness (QED) is 0.751. The van der Waals surface area contributed by atoms with E-state index < -0.39 is 0 Å². The fraction of sp³-hybridized carbons (Fsp3) is 0.318. The summed E-state index contributed by atoms with van der Waals surface area (Å²) in [5.74, 6) is 0.0976. The molecule has 1 atom stereocenters. The molecule has 0 bridgehead atoms. The minimum Gasteiger partial charge on any atom is -0.489 e. The fourth-order valence-electron chi connectivity index (χ4n) is 3.76. The predicted octanol–water partition coefficient (Wildman–Crippen LogP) is 2.74. The molecule has 1 saturated heterocycles. The molecule has 0 radical (unpaired) electrons. The first-order valence-corrected chi connectivity index (χ1v) is 9.58. The number of nitrogens with zero attached hydrogens (tertiary/aromatic N) is 2. The van der Waals surface area contributed by atoms with E-state index in [1.807, 2.05) is 30.3 Å². The maximum atomic E-state index is 12.7. The second-order valence-corrected chi connectivity index (χ2v) is 7.09. The van der Waals surface area contributed by atoms with E-state index in [9.17, 15) is 14.4 Å². The summed E-state index contributed by atoms with van der Waals surface area (Å²) in [7, 11) is 0. The Hall–Kier alpha value is -3.15. The number of carbonyl (C=O) groups excluding carboxylic acids is 3. The van der Waals surface area contributed by atoms with Gasteiger partial charge in [-0.25, -0.2) is 0 Å². The first kappa shape index (κ1) is 18.2. The van der Waals surface area contributed by atoms with Crippen LogP contribution < -0.4 is 4.74 Å². The number of rotatable bonds is 5. The van der Waals surface area contributed by atoms with Crippen molar-refractivity contribution in [1.29, 1.82) is 0 Å². The highest BCUT2D eigenvalue weighted by Crippen LogP contribution is 2.23. The smallest absolute Gasteiger partial charge is 0.261 e. The Morgan fingerprint density at radius 2 is 1.61 bits per heavy atom. The lowest BCUT2D eigenvalue weighted by Crippen LogP contribution is -2.45. The molecule has 2 aromatic carbocycles. The van der Waals surface area contributed by atoms with Crippen LogP contribution in [0, 0.1) is 0 Å². The summed E-state index contributed by atoms with van der Waals surface area (Å²) in [5.41, 5.74) is 0.823. The van der Waals surface area contributed by atoms with Gasteiger partial charge in [-0.15, -0.1) is 0 Å². The van der Waals surface area contributed by atoms with Gasteiger partial charge in [0.05, 0.1) is 17.7 Å². The van der Waals surface area contributed by atoms with Gasteiger partial charge in [-0.3, -0.25) is 19.3 Å². The van der Waals surface area contributed by atoms with E-state index in [1.54, 1.807) is 29.2 Å². The zero-order valence-corrected chi connectivity index (χ0v) is 15.5. The van der Waals surface area contributed by atoms with Gasteiger partial charge in [0.15, 0.2) is 0 Å². The maximum absolute atomic E-state index is 12.7. The van der Waals surface area contributed by atoms with Crippen molar-refractivity contribution in [3.63, 3.8) is 0 Å². The number of hydrogen-bond acceptors (Lipinski definition) is 4. The Kier molecular flexibility index (Phi) is 5.10. The Bertz CT molecular complexity index is 861. The molecular formula is C22H22N2O4. The molecular weight excluding hydrogens is 356 g/mol. The summed E-state index contributed by atoms with van der Waals surface area (Å²) >= 11 is 0. The van der Waals surface area contributed by atoms with Crippen LogP contribution in [0.4, 0.5) is 0 Å². The van der Waals surface area contributed by atoms with Crippen LogP contribution in [-0.2, 0) is 4.79 Å². The van der Waals surface area contributed by atoms with Crippen LogP contribution in [-0.4, -0.2) is 53.3 Å². The van der Waals surface area contributed by atoms with E-state index in [0.29, 0.717) is 24.2 Å². The lowest BCUT2D eigenvalue weighted by atomic mass is 10.1. The number of imide groups is 1. The molecule has 6 nitrogen and oxygen atoms in total.